The van der Waals surface area contributed by atoms with E-state index in [-0.39, 0.29) is 29.1 Å². The van der Waals surface area contributed by atoms with E-state index in [9.17, 15) is 13.2 Å². The molecule has 0 saturated heterocycles. The van der Waals surface area contributed by atoms with Crippen LogP contribution in [0.1, 0.15) is 40.8 Å². The van der Waals surface area contributed by atoms with Crippen molar-refractivity contribution in [1.82, 2.24) is 15.3 Å². The minimum Gasteiger partial charge on any atom is -0.384 e. The zero-order valence-corrected chi connectivity index (χ0v) is 23.1. The van der Waals surface area contributed by atoms with Crippen molar-refractivity contribution in [2.75, 3.05) is 11.1 Å². The summed E-state index contributed by atoms with van der Waals surface area (Å²) in [5.41, 5.74) is 14.8. The monoisotopic (exact) mass is 609 g/mol. The second kappa shape index (κ2) is 11.8. The molecule has 1 unspecified atom stereocenters. The lowest BCUT2D eigenvalue weighted by Gasteiger charge is -2.21. The average Bonchev–Trinajstić information content (AvgIpc) is 2.92. The molecule has 1 atom stereocenters. The fourth-order valence-corrected chi connectivity index (χ4v) is 4.28. The van der Waals surface area contributed by atoms with E-state index in [2.05, 4.69) is 43.1 Å². The van der Waals surface area contributed by atoms with Gasteiger partial charge in [-0.25, -0.2) is 9.97 Å². The number of rotatable bonds is 9. The minimum atomic E-state index is -4.55. The van der Waals surface area contributed by atoms with Crippen LogP contribution in [-0.2, 0) is 12.7 Å². The van der Waals surface area contributed by atoms with Crippen molar-refractivity contribution in [3.63, 3.8) is 0 Å². The number of halogens is 4. The van der Waals surface area contributed by atoms with Gasteiger partial charge < -0.3 is 22.1 Å². The minimum absolute atomic E-state index is 0.171. The maximum atomic E-state index is 13.5. The summed E-state index contributed by atoms with van der Waals surface area (Å²) in [6.45, 7) is 6.22. The quantitative estimate of drug-likeness (QED) is 0.106. The lowest BCUT2D eigenvalue weighted by molar-refractivity contribution is -0.137. The molecule has 0 aliphatic heterocycles. The van der Waals surface area contributed by atoms with Crippen molar-refractivity contribution >= 4 is 39.1 Å². The van der Waals surface area contributed by atoms with Crippen LogP contribution in [0.15, 0.2) is 84.1 Å². The first-order valence-electron chi connectivity index (χ1n) is 12.1. The molecule has 0 aliphatic rings. The number of nitrogens with zero attached hydrogens (tertiary/aromatic N) is 2. The van der Waals surface area contributed by atoms with Crippen LogP contribution in [-0.4, -0.2) is 15.8 Å². The summed E-state index contributed by atoms with van der Waals surface area (Å²) < 4.78 is 41.4. The number of alkyl halides is 3. The zero-order chi connectivity index (χ0) is 29.0. The Balaban J connectivity index is 1.53. The molecule has 0 saturated carbocycles. The van der Waals surface area contributed by atoms with Gasteiger partial charge in [0.15, 0.2) is 0 Å². The van der Waals surface area contributed by atoms with Crippen molar-refractivity contribution in [1.29, 1.82) is 5.41 Å². The Hall–Kier alpha value is -4.38. The second-order valence-electron chi connectivity index (χ2n) is 9.13. The molecule has 0 amide bonds. The van der Waals surface area contributed by atoms with Crippen LogP contribution in [0.25, 0.3) is 16.8 Å². The van der Waals surface area contributed by atoms with Crippen LogP contribution in [0.2, 0.25) is 0 Å². The molecule has 2 aromatic carbocycles. The average molecular weight is 610 g/mol. The number of hydrogen-bond acceptors (Lipinski definition) is 6. The summed E-state index contributed by atoms with van der Waals surface area (Å²) in [6, 6.07) is 17.7. The van der Waals surface area contributed by atoms with Gasteiger partial charge in [-0.2, -0.15) is 13.2 Å². The molecule has 7 N–H and O–H groups in total. The molecule has 11 heteroatoms. The van der Waals surface area contributed by atoms with Gasteiger partial charge in [-0.3, -0.25) is 5.41 Å². The van der Waals surface area contributed by atoms with Crippen LogP contribution in [0.4, 0.5) is 24.8 Å². The molecule has 206 valence electrons. The smallest absolute Gasteiger partial charge is 0.384 e. The van der Waals surface area contributed by atoms with Crippen LogP contribution in [0, 0.1) is 5.41 Å². The molecule has 40 heavy (non-hydrogen) atoms. The highest BCUT2D eigenvalue weighted by atomic mass is 79.9. The summed E-state index contributed by atoms with van der Waals surface area (Å²) in [4.78, 5) is 8.19. The third-order valence-corrected chi connectivity index (χ3v) is 6.79. The maximum Gasteiger partial charge on any atom is 0.417 e. The molecule has 2 aromatic heterocycles. The molecule has 0 aliphatic carbocycles. The number of nitrogens with two attached hydrogens (primary N) is 2. The Morgan fingerprint density at radius 3 is 2.30 bits per heavy atom. The van der Waals surface area contributed by atoms with Gasteiger partial charge in [-0.05, 0) is 47.9 Å². The molecule has 4 aromatic rings. The van der Waals surface area contributed by atoms with Crippen LogP contribution < -0.4 is 22.1 Å². The van der Waals surface area contributed by atoms with Gasteiger partial charge in [-0.1, -0.05) is 58.9 Å². The van der Waals surface area contributed by atoms with Gasteiger partial charge in [-0.15, -0.1) is 0 Å². The van der Waals surface area contributed by atoms with Crippen molar-refractivity contribution in [2.24, 2.45) is 5.73 Å². The zero-order valence-electron chi connectivity index (χ0n) is 21.5. The fraction of sp³-hybridized carbons (Fsp3) is 0.138. The topological polar surface area (TPSA) is 126 Å². The van der Waals surface area contributed by atoms with Crippen molar-refractivity contribution < 1.29 is 13.2 Å². The molecular formula is C29H27BrF3N7. The maximum absolute atomic E-state index is 13.5. The second-order valence-corrected chi connectivity index (χ2v) is 10.1. The number of amidine groups is 1. The Labute approximate surface area is 238 Å². The number of hydrogen-bond donors (Lipinski definition) is 5. The summed E-state index contributed by atoms with van der Waals surface area (Å²) in [5.74, 6) is 0.278. The van der Waals surface area contributed by atoms with Gasteiger partial charge in [0.2, 0.25) is 0 Å². The summed E-state index contributed by atoms with van der Waals surface area (Å²) in [5, 5.41) is 14.0. The predicted octanol–water partition coefficient (Wildman–Crippen LogP) is 6.72. The molecule has 7 nitrogen and oxygen atoms in total. The van der Waals surface area contributed by atoms with Crippen LogP contribution >= 0.6 is 15.9 Å². The molecule has 0 radical (unpaired) electrons. The third kappa shape index (κ3) is 6.78. The van der Waals surface area contributed by atoms with Gasteiger partial charge in [0.1, 0.15) is 17.5 Å². The van der Waals surface area contributed by atoms with E-state index < -0.39 is 11.7 Å². The van der Waals surface area contributed by atoms with Gasteiger partial charge in [0, 0.05) is 46.3 Å². The van der Waals surface area contributed by atoms with E-state index >= 15 is 0 Å². The summed E-state index contributed by atoms with van der Waals surface area (Å²) >= 11 is 3.40. The highest BCUT2D eigenvalue weighted by Gasteiger charge is 2.32. The predicted molar refractivity (Wildman–Crippen MR) is 156 cm³/mol. The lowest BCUT2D eigenvalue weighted by Crippen LogP contribution is -2.19. The first-order chi connectivity index (χ1) is 18.9. The Kier molecular flexibility index (Phi) is 8.43. The number of pyridine rings is 2. The fourth-order valence-electron chi connectivity index (χ4n) is 4.01. The van der Waals surface area contributed by atoms with Gasteiger partial charge in [0.25, 0.3) is 0 Å². The highest BCUT2D eigenvalue weighted by Crippen LogP contribution is 2.33. The highest BCUT2D eigenvalue weighted by molar-refractivity contribution is 9.10. The normalized spacial score (nSPS) is 12.0. The lowest BCUT2D eigenvalue weighted by atomic mass is 10.0. The van der Waals surface area contributed by atoms with E-state index in [4.69, 9.17) is 16.9 Å². The van der Waals surface area contributed by atoms with E-state index in [1.807, 2.05) is 55.5 Å². The van der Waals surface area contributed by atoms with Crippen LogP contribution in [0.3, 0.4) is 0 Å². The van der Waals surface area contributed by atoms with E-state index in [0.29, 0.717) is 17.8 Å². The Bertz CT molecular complexity index is 1540. The SMILES string of the molecule is C=C(NC(C)c1ccc(Br)cc1)c1cc(C(F)(F)F)cnc1NCc1ccc(-c2cnc(N)c(C(=N)N)c2)cc1. The van der Waals surface area contributed by atoms with Gasteiger partial charge >= 0.3 is 6.18 Å². The van der Waals surface area contributed by atoms with Crippen LogP contribution in [0.5, 0.6) is 0 Å². The van der Waals surface area contributed by atoms with Crippen molar-refractivity contribution in [2.45, 2.75) is 25.7 Å². The largest absolute Gasteiger partial charge is 0.417 e. The van der Waals surface area contributed by atoms with E-state index in [1.54, 1.807) is 12.3 Å². The number of aromatic nitrogens is 2. The third-order valence-electron chi connectivity index (χ3n) is 6.26. The first-order valence-corrected chi connectivity index (χ1v) is 12.9. The standard InChI is InChI=1S/C29H27BrF3N7/c1-16(19-7-9-23(30)10-8-19)40-17(2)24-12-22(29(31,32)33)15-39-28(24)38-13-18-3-5-20(6-4-18)21-11-25(26(34)35)27(36)37-14-21/h3-12,14-16,40H,2,13H2,1H3,(H3,34,35)(H2,36,37)(H,38,39). The first kappa shape index (κ1) is 28.6. The molecular weight excluding hydrogens is 583 g/mol. The van der Waals surface area contributed by atoms with E-state index in [1.165, 1.54) is 0 Å². The molecule has 0 bridgehead atoms. The number of nitrogen functional groups attached to an aromatic ring is 2. The van der Waals surface area contributed by atoms with E-state index in [0.717, 1.165) is 39.0 Å². The number of anilines is 2. The molecule has 2 heterocycles. The van der Waals surface area contributed by atoms with Gasteiger partial charge in [0.05, 0.1) is 11.1 Å². The molecule has 4 rings (SSSR count). The summed E-state index contributed by atoms with van der Waals surface area (Å²) in [6.07, 6.45) is -2.14. The summed E-state index contributed by atoms with van der Waals surface area (Å²) in [7, 11) is 0. The van der Waals surface area contributed by atoms with Crippen molar-refractivity contribution in [3.05, 3.63) is 112 Å². The van der Waals surface area contributed by atoms with Crippen molar-refractivity contribution in [3.8, 4) is 11.1 Å². The Morgan fingerprint density at radius 1 is 1.00 bits per heavy atom. The number of benzene rings is 2. The molecule has 0 spiro atoms. The number of nitrogens with one attached hydrogen (secondary N) is 3. The Morgan fingerprint density at radius 2 is 1.68 bits per heavy atom. The molecule has 0 fully saturated rings.